The Morgan fingerprint density at radius 1 is 0.471 bits per heavy atom. The molecule has 4 heterocycles. The van der Waals surface area contributed by atoms with Crippen molar-refractivity contribution in [3.8, 4) is 11.1 Å². The molecule has 4 heteroatoms. The molecular weight excluding hydrogens is 849 g/mol. The lowest BCUT2D eigenvalue weighted by Gasteiger charge is -2.33. The minimum atomic E-state index is 0.159. The maximum absolute atomic E-state index is 2.61. The Morgan fingerprint density at radius 3 is 1.97 bits per heavy atom. The highest BCUT2D eigenvalue weighted by atomic mass is 15.2. The van der Waals surface area contributed by atoms with Crippen molar-refractivity contribution in [2.45, 2.75) is 37.6 Å². The third-order valence-corrected chi connectivity index (χ3v) is 15.7. The van der Waals surface area contributed by atoms with Gasteiger partial charge in [-0.05, 0) is 109 Å². The summed E-state index contributed by atoms with van der Waals surface area (Å²) < 4.78 is 5.20. The van der Waals surface area contributed by atoms with Gasteiger partial charge in [0.25, 0.3) is 0 Å². The molecule has 0 bridgehead atoms. The molecule has 3 aliphatic rings. The predicted octanol–water partition coefficient (Wildman–Crippen LogP) is 16.0. The van der Waals surface area contributed by atoms with Crippen LogP contribution in [0.4, 0.5) is 17.1 Å². The SMILES string of the molecule is C1=CCC(N(c2cccc(-c3ccccc3)c2)c2ccc3c4cc5c(cc4n4c6ccccc6c2c34)c2c3c(c4ccccc4n35)=C(N(C3=C[C@@H](c4ccccc4)CC=C3)c3ccccc3)CC2)C=C1. The van der Waals surface area contributed by atoms with Crippen molar-refractivity contribution in [3.63, 3.8) is 0 Å². The highest BCUT2D eigenvalue weighted by Gasteiger charge is 2.31. The van der Waals surface area contributed by atoms with E-state index in [1.165, 1.54) is 121 Å². The molecule has 2 atom stereocenters. The molecule has 0 saturated heterocycles. The number of hydrogen-bond acceptors (Lipinski definition) is 2. The van der Waals surface area contributed by atoms with E-state index < -0.39 is 0 Å². The molecule has 4 aromatic heterocycles. The molecule has 70 heavy (non-hydrogen) atoms. The molecule has 332 valence electrons. The summed E-state index contributed by atoms with van der Waals surface area (Å²) in [5.41, 5.74) is 19.2. The summed E-state index contributed by atoms with van der Waals surface area (Å²) in [4.78, 5) is 5.17. The van der Waals surface area contributed by atoms with Crippen molar-refractivity contribution in [1.29, 1.82) is 0 Å². The van der Waals surface area contributed by atoms with E-state index in [0.29, 0.717) is 5.92 Å². The van der Waals surface area contributed by atoms with Gasteiger partial charge < -0.3 is 18.6 Å². The zero-order chi connectivity index (χ0) is 45.9. The summed E-state index contributed by atoms with van der Waals surface area (Å²) in [7, 11) is 0. The molecular formula is C66H48N4. The lowest BCUT2D eigenvalue weighted by Crippen LogP contribution is -2.30. The Hall–Kier alpha value is -8.60. The number of rotatable bonds is 8. The summed E-state index contributed by atoms with van der Waals surface area (Å²) in [6.45, 7) is 0. The van der Waals surface area contributed by atoms with E-state index >= 15 is 0 Å². The van der Waals surface area contributed by atoms with Crippen LogP contribution in [0.5, 0.6) is 0 Å². The normalized spacial score (nSPS) is 16.8. The lowest BCUT2D eigenvalue weighted by molar-refractivity contribution is 0.788. The quantitative estimate of drug-likeness (QED) is 0.151. The number of aryl methyl sites for hydroxylation is 1. The standard InChI is InChI=1S/C66H48N4/c1-5-19-43(20-6-1)45-23-17-29-49(39-45)67(47-25-9-3-10-26-47)59-37-35-51-55-41-62-56(42-61(55)69-57-33-15-13-31-53(57)63(59)65(51)69)52-36-38-60(64-54-32-14-16-34-58(54)70(62)66(52)64)68(48-27-11-4-12-28-48)50-30-18-24-46(40-50)44-21-7-2-8-22-44/h1-23,25,27-35,37,39-42,46-47H,24,26,36,38H2/t46-,47?/m0/s1. The van der Waals surface area contributed by atoms with Gasteiger partial charge in [-0.1, -0.05) is 170 Å². The average Bonchev–Trinajstić information content (AvgIpc) is 4.16. The Balaban J connectivity index is 0.982. The second-order valence-corrected chi connectivity index (χ2v) is 19.4. The highest BCUT2D eigenvalue weighted by Crippen LogP contribution is 2.48. The Kier molecular flexibility index (Phi) is 8.70. The van der Waals surface area contributed by atoms with Crippen molar-refractivity contribution in [3.05, 3.63) is 253 Å². The van der Waals surface area contributed by atoms with E-state index in [9.17, 15) is 0 Å². The van der Waals surface area contributed by atoms with Crippen LogP contribution in [0.25, 0.3) is 82.2 Å². The number of nitrogens with zero attached hydrogens (tertiary/aromatic N) is 4. The predicted molar refractivity (Wildman–Crippen MR) is 295 cm³/mol. The fourth-order valence-corrected chi connectivity index (χ4v) is 12.7. The molecule has 0 radical (unpaired) electrons. The molecule has 0 N–H and O–H groups in total. The van der Waals surface area contributed by atoms with Gasteiger partial charge in [0.1, 0.15) is 0 Å². The Bertz CT molecular complexity index is 4240. The zero-order valence-electron chi connectivity index (χ0n) is 38.7. The van der Waals surface area contributed by atoms with Crippen molar-refractivity contribution in [1.82, 2.24) is 8.80 Å². The Labute approximate surface area is 406 Å². The van der Waals surface area contributed by atoms with Gasteiger partial charge in [-0.2, -0.15) is 0 Å². The molecule has 0 amide bonds. The minimum Gasteiger partial charge on any atom is -0.334 e. The topological polar surface area (TPSA) is 15.3 Å². The number of anilines is 3. The van der Waals surface area contributed by atoms with Crippen molar-refractivity contribution in [2.24, 2.45) is 0 Å². The van der Waals surface area contributed by atoms with Crippen molar-refractivity contribution in [2.75, 3.05) is 9.80 Å². The molecule has 12 aromatic rings. The number of hydrogen-bond donors (Lipinski definition) is 0. The van der Waals surface area contributed by atoms with Gasteiger partial charge in [0.15, 0.2) is 0 Å². The summed E-state index contributed by atoms with van der Waals surface area (Å²) in [5.74, 6) is 0.312. The molecule has 0 aliphatic heterocycles. The second-order valence-electron chi connectivity index (χ2n) is 19.4. The van der Waals surface area contributed by atoms with E-state index in [2.05, 4.69) is 249 Å². The van der Waals surface area contributed by atoms with Crippen LogP contribution < -0.4 is 15.0 Å². The number of aromatic nitrogens is 2. The summed E-state index contributed by atoms with van der Waals surface area (Å²) in [6.07, 6.45) is 20.1. The first-order chi connectivity index (χ1) is 34.8. The van der Waals surface area contributed by atoms with E-state index in [4.69, 9.17) is 0 Å². The third kappa shape index (κ3) is 5.77. The van der Waals surface area contributed by atoms with Crippen LogP contribution in [-0.4, -0.2) is 14.8 Å². The van der Waals surface area contributed by atoms with Crippen molar-refractivity contribution < 1.29 is 0 Å². The first-order valence-electron chi connectivity index (χ1n) is 24.9. The van der Waals surface area contributed by atoms with Gasteiger partial charge in [0, 0.05) is 66.2 Å². The van der Waals surface area contributed by atoms with E-state index in [0.717, 1.165) is 25.7 Å². The first-order valence-corrected chi connectivity index (χ1v) is 24.9. The zero-order valence-corrected chi connectivity index (χ0v) is 38.7. The largest absolute Gasteiger partial charge is 0.334 e. The molecule has 4 nitrogen and oxygen atoms in total. The van der Waals surface area contributed by atoms with Crippen LogP contribution >= 0.6 is 0 Å². The van der Waals surface area contributed by atoms with E-state index in [1.807, 2.05) is 0 Å². The van der Waals surface area contributed by atoms with Crippen LogP contribution in [0, 0.1) is 0 Å². The summed E-state index contributed by atoms with van der Waals surface area (Å²) >= 11 is 0. The van der Waals surface area contributed by atoms with Crippen molar-refractivity contribution >= 4 is 88.2 Å². The van der Waals surface area contributed by atoms with Gasteiger partial charge in [-0.15, -0.1) is 0 Å². The van der Waals surface area contributed by atoms with Crippen LogP contribution in [0.2, 0.25) is 0 Å². The molecule has 1 unspecified atom stereocenters. The maximum Gasteiger partial charge on any atom is 0.0641 e. The lowest BCUT2D eigenvalue weighted by atomic mass is 9.90. The number of allylic oxidation sites excluding steroid dienone is 5. The van der Waals surface area contributed by atoms with Gasteiger partial charge in [0.05, 0.1) is 44.8 Å². The van der Waals surface area contributed by atoms with Gasteiger partial charge in [-0.25, -0.2) is 0 Å². The molecule has 0 fully saturated rings. The third-order valence-electron chi connectivity index (χ3n) is 15.7. The average molecular weight is 897 g/mol. The van der Waals surface area contributed by atoms with E-state index in [1.54, 1.807) is 0 Å². The fraction of sp³-hybridized carbons (Fsp3) is 0.0909. The minimum absolute atomic E-state index is 0.159. The number of para-hydroxylation sites is 3. The molecule has 8 aromatic carbocycles. The number of benzene rings is 8. The van der Waals surface area contributed by atoms with Crippen LogP contribution in [0.15, 0.2) is 236 Å². The first kappa shape index (κ1) is 39.4. The maximum atomic E-state index is 2.61. The molecule has 3 aliphatic carbocycles. The van der Waals surface area contributed by atoms with Gasteiger partial charge in [-0.3, -0.25) is 0 Å². The smallest absolute Gasteiger partial charge is 0.0641 e. The number of fused-ring (bicyclic) bond motifs is 12. The molecule has 0 spiro atoms. The van der Waals surface area contributed by atoms with Crippen LogP contribution in [-0.2, 0) is 6.42 Å². The molecule has 0 saturated carbocycles. The van der Waals surface area contributed by atoms with Crippen LogP contribution in [0.1, 0.15) is 36.3 Å². The summed E-state index contributed by atoms with van der Waals surface area (Å²) in [6, 6.07) is 70.2. The Morgan fingerprint density at radius 2 is 1.16 bits per heavy atom. The second kappa shape index (κ2) is 15.5. The summed E-state index contributed by atoms with van der Waals surface area (Å²) in [5, 5.41) is 9.18. The van der Waals surface area contributed by atoms with E-state index in [-0.39, 0.29) is 6.04 Å². The van der Waals surface area contributed by atoms with Gasteiger partial charge >= 0.3 is 0 Å². The van der Waals surface area contributed by atoms with Crippen LogP contribution in [0.3, 0.4) is 0 Å². The highest BCUT2D eigenvalue weighted by molar-refractivity contribution is 6.28. The fourth-order valence-electron chi connectivity index (χ4n) is 12.7. The van der Waals surface area contributed by atoms with Gasteiger partial charge in [0.2, 0.25) is 0 Å². The monoisotopic (exact) mass is 896 g/mol. The molecule has 15 rings (SSSR count).